The Morgan fingerprint density at radius 3 is 2.25 bits per heavy atom. The normalized spacial score (nSPS) is 14.3. The molecule has 0 saturated carbocycles. The first-order chi connectivity index (χ1) is 23.4. The van der Waals surface area contributed by atoms with Crippen LogP contribution in [0.15, 0.2) is 90.3 Å². The van der Waals surface area contributed by atoms with E-state index in [9.17, 15) is 14.4 Å². The molecule has 48 heavy (non-hydrogen) atoms. The highest BCUT2D eigenvalue weighted by atomic mass is 32.1. The number of aromatic nitrogens is 1. The first-order valence-electron chi connectivity index (χ1n) is 16.4. The Morgan fingerprint density at radius 1 is 0.875 bits per heavy atom. The number of ketones is 1. The standard InChI is InChI=1S/C37H43N5O5S/c1-26(2)23-32(40-37(45)42-19-21-46-22-20-42)35(44)38-31(18-17-27-11-5-3-6-12-27)34(43)36-39-33(25-48-36)29-15-9-10-16-30(29)41-47-24-28-13-7-4-8-14-28/h3-16,25-26,31-32,41H,17-24H2,1-2H3,(H,38,44)(H,40,45)/t31-,32+/m1/s1. The number of thiazole rings is 1. The molecule has 0 unspecified atom stereocenters. The number of hydrogen-bond acceptors (Lipinski definition) is 8. The lowest BCUT2D eigenvalue weighted by atomic mass is 9.99. The minimum atomic E-state index is -0.839. The third-order valence-corrected chi connectivity index (χ3v) is 8.86. The summed E-state index contributed by atoms with van der Waals surface area (Å²) < 4.78 is 5.37. The van der Waals surface area contributed by atoms with Crippen LogP contribution in [0.5, 0.6) is 0 Å². The zero-order valence-electron chi connectivity index (χ0n) is 27.4. The van der Waals surface area contributed by atoms with Crippen LogP contribution < -0.4 is 16.1 Å². The van der Waals surface area contributed by atoms with Crippen molar-refractivity contribution >= 4 is 34.7 Å². The van der Waals surface area contributed by atoms with Crippen molar-refractivity contribution < 1.29 is 24.0 Å². The second-order valence-corrected chi connectivity index (χ2v) is 13.0. The summed E-state index contributed by atoms with van der Waals surface area (Å²) >= 11 is 1.24. The largest absolute Gasteiger partial charge is 0.378 e. The fourth-order valence-electron chi connectivity index (χ4n) is 5.43. The van der Waals surface area contributed by atoms with Crippen molar-refractivity contribution in [1.29, 1.82) is 0 Å². The maximum atomic E-state index is 14.1. The molecule has 0 spiro atoms. The Kier molecular flexibility index (Phi) is 12.7. The van der Waals surface area contributed by atoms with Gasteiger partial charge >= 0.3 is 6.03 Å². The number of benzene rings is 3. The van der Waals surface area contributed by atoms with Crippen molar-refractivity contribution in [1.82, 2.24) is 20.5 Å². The number of morpholine rings is 1. The van der Waals surface area contributed by atoms with Crippen molar-refractivity contribution in [3.63, 3.8) is 0 Å². The van der Waals surface area contributed by atoms with Gasteiger partial charge in [-0.05, 0) is 42.4 Å². The fourth-order valence-corrected chi connectivity index (χ4v) is 6.25. The predicted octanol–water partition coefficient (Wildman–Crippen LogP) is 6.11. The second kappa shape index (κ2) is 17.5. The van der Waals surface area contributed by atoms with Crippen LogP contribution >= 0.6 is 11.3 Å². The van der Waals surface area contributed by atoms with Crippen LogP contribution in [0.4, 0.5) is 10.5 Å². The summed E-state index contributed by atoms with van der Waals surface area (Å²) in [4.78, 5) is 53.0. The molecule has 3 aromatic carbocycles. The Balaban J connectivity index is 1.31. The highest BCUT2D eigenvalue weighted by Gasteiger charge is 2.31. The van der Waals surface area contributed by atoms with E-state index in [2.05, 4.69) is 16.1 Å². The third-order valence-electron chi connectivity index (χ3n) is 8.00. The summed E-state index contributed by atoms with van der Waals surface area (Å²) in [7, 11) is 0. The smallest absolute Gasteiger partial charge is 0.318 e. The van der Waals surface area contributed by atoms with Gasteiger partial charge in [-0.1, -0.05) is 92.7 Å². The van der Waals surface area contributed by atoms with Crippen molar-refractivity contribution in [3.8, 4) is 11.3 Å². The van der Waals surface area contributed by atoms with E-state index < -0.39 is 18.0 Å². The van der Waals surface area contributed by atoms with Gasteiger partial charge in [0, 0.05) is 24.0 Å². The van der Waals surface area contributed by atoms with Crippen LogP contribution in [0.1, 0.15) is 47.6 Å². The molecule has 2 atom stereocenters. The minimum absolute atomic E-state index is 0.135. The number of para-hydroxylation sites is 1. The molecule has 1 aromatic heterocycles. The number of carbonyl (C=O) groups excluding carboxylic acids is 3. The quantitative estimate of drug-likeness (QED) is 0.103. The van der Waals surface area contributed by atoms with Crippen molar-refractivity contribution in [2.24, 2.45) is 5.92 Å². The summed E-state index contributed by atoms with van der Waals surface area (Å²) in [5.74, 6) is -0.529. The molecule has 10 nitrogen and oxygen atoms in total. The predicted molar refractivity (Wildman–Crippen MR) is 188 cm³/mol. The van der Waals surface area contributed by atoms with Gasteiger partial charge < -0.3 is 20.3 Å². The Labute approximate surface area is 285 Å². The molecule has 11 heteroatoms. The Hall–Kier alpha value is -4.58. The molecule has 1 fully saturated rings. The molecule has 3 amide bonds. The van der Waals surface area contributed by atoms with Gasteiger partial charge in [0.05, 0.1) is 37.2 Å². The maximum absolute atomic E-state index is 14.1. The molecular formula is C37H43N5O5S. The second-order valence-electron chi connectivity index (χ2n) is 12.1. The van der Waals surface area contributed by atoms with Gasteiger partial charge in [-0.25, -0.2) is 9.78 Å². The molecule has 3 N–H and O–H groups in total. The zero-order valence-corrected chi connectivity index (χ0v) is 28.2. The summed E-state index contributed by atoms with van der Waals surface area (Å²) in [6, 6.07) is 25.4. The molecule has 1 aliphatic heterocycles. The molecule has 5 rings (SSSR count). The SMILES string of the molecule is CC(C)C[C@H](NC(=O)N1CCOCC1)C(=O)N[C@H](CCc1ccccc1)C(=O)c1nc(-c2ccccc2NOCc2ccccc2)cs1. The number of ether oxygens (including phenoxy) is 1. The molecule has 0 radical (unpaired) electrons. The number of carbonyl (C=O) groups is 3. The van der Waals surface area contributed by atoms with Crippen LogP contribution in [0, 0.1) is 5.92 Å². The van der Waals surface area contributed by atoms with E-state index in [0.29, 0.717) is 62.9 Å². The third kappa shape index (κ3) is 9.96. The van der Waals surface area contributed by atoms with E-state index in [1.165, 1.54) is 11.3 Å². The lowest BCUT2D eigenvalue weighted by molar-refractivity contribution is -0.123. The first-order valence-corrected chi connectivity index (χ1v) is 17.2. The summed E-state index contributed by atoms with van der Waals surface area (Å²) in [5.41, 5.74) is 7.25. The van der Waals surface area contributed by atoms with Gasteiger partial charge in [-0.3, -0.25) is 19.9 Å². The summed E-state index contributed by atoms with van der Waals surface area (Å²) in [6.07, 6.45) is 1.38. The van der Waals surface area contributed by atoms with E-state index >= 15 is 0 Å². The Bertz CT molecular complexity index is 1630. The number of aryl methyl sites for hydroxylation is 1. The van der Waals surface area contributed by atoms with Crippen LogP contribution in [-0.4, -0.2) is 66.0 Å². The highest BCUT2D eigenvalue weighted by molar-refractivity contribution is 7.12. The topological polar surface area (TPSA) is 122 Å². The van der Waals surface area contributed by atoms with Gasteiger partial charge in [-0.2, -0.15) is 0 Å². The lowest BCUT2D eigenvalue weighted by Crippen LogP contribution is -2.56. The average Bonchev–Trinajstić information content (AvgIpc) is 3.61. The van der Waals surface area contributed by atoms with Crippen LogP contribution in [0.2, 0.25) is 0 Å². The molecule has 2 heterocycles. The number of nitrogens with zero attached hydrogens (tertiary/aromatic N) is 2. The first kappa shape index (κ1) is 34.7. The number of hydrogen-bond donors (Lipinski definition) is 3. The molecule has 252 valence electrons. The Morgan fingerprint density at radius 2 is 1.54 bits per heavy atom. The van der Waals surface area contributed by atoms with E-state index in [-0.39, 0.29) is 17.7 Å². The molecule has 4 aromatic rings. The fraction of sp³-hybridized carbons (Fsp3) is 0.351. The van der Waals surface area contributed by atoms with Crippen LogP contribution in [0.25, 0.3) is 11.3 Å². The van der Waals surface area contributed by atoms with Crippen LogP contribution in [0.3, 0.4) is 0 Å². The molecular weight excluding hydrogens is 627 g/mol. The summed E-state index contributed by atoms with van der Waals surface area (Å²) in [6.45, 7) is 6.21. The van der Waals surface area contributed by atoms with E-state index in [0.717, 1.165) is 22.4 Å². The number of urea groups is 1. The van der Waals surface area contributed by atoms with Gasteiger partial charge in [0.25, 0.3) is 0 Å². The van der Waals surface area contributed by atoms with Crippen LogP contribution in [-0.2, 0) is 27.4 Å². The summed E-state index contributed by atoms with van der Waals surface area (Å²) in [5, 5.41) is 8.03. The van der Waals surface area contributed by atoms with Gasteiger partial charge in [0.2, 0.25) is 11.7 Å². The minimum Gasteiger partial charge on any atom is -0.378 e. The number of Topliss-reactive ketones (excluding diaryl/α,β-unsaturated/α-hetero) is 1. The monoisotopic (exact) mass is 669 g/mol. The van der Waals surface area contributed by atoms with Gasteiger partial charge in [0.15, 0.2) is 5.01 Å². The highest BCUT2D eigenvalue weighted by Crippen LogP contribution is 2.30. The molecule has 1 aliphatic rings. The van der Waals surface area contributed by atoms with Crippen molar-refractivity contribution in [3.05, 3.63) is 106 Å². The van der Waals surface area contributed by atoms with Gasteiger partial charge in [0.1, 0.15) is 6.04 Å². The van der Waals surface area contributed by atoms with Crippen molar-refractivity contribution in [2.45, 2.75) is 51.8 Å². The molecule has 1 saturated heterocycles. The van der Waals surface area contributed by atoms with E-state index in [1.54, 1.807) is 4.90 Å². The number of amides is 3. The zero-order chi connectivity index (χ0) is 33.7. The lowest BCUT2D eigenvalue weighted by Gasteiger charge is -2.30. The van der Waals surface area contributed by atoms with E-state index in [4.69, 9.17) is 14.6 Å². The molecule has 0 bridgehead atoms. The molecule has 0 aliphatic carbocycles. The number of nitrogens with one attached hydrogen (secondary N) is 3. The number of anilines is 1. The number of rotatable bonds is 15. The van der Waals surface area contributed by atoms with E-state index in [1.807, 2.05) is 104 Å². The maximum Gasteiger partial charge on any atom is 0.318 e. The van der Waals surface area contributed by atoms with Gasteiger partial charge in [-0.15, -0.1) is 11.3 Å². The average molecular weight is 670 g/mol. The van der Waals surface area contributed by atoms with Crippen molar-refractivity contribution in [2.75, 3.05) is 31.8 Å².